The van der Waals surface area contributed by atoms with E-state index >= 15 is 0 Å². The number of hydrogen-bond acceptors (Lipinski definition) is 6. The summed E-state index contributed by atoms with van der Waals surface area (Å²) in [6.45, 7) is 6.35. The average Bonchev–Trinajstić information content (AvgIpc) is 3.19. The second-order valence-electron chi connectivity index (χ2n) is 14.6. The number of allylic oxidation sites excluding steroid dienone is 14. The molecule has 56 heavy (non-hydrogen) atoms. The molecule has 0 bridgehead atoms. The second-order valence-corrected chi connectivity index (χ2v) is 14.6. The van der Waals surface area contributed by atoms with Crippen LogP contribution in [-0.4, -0.2) is 37.2 Å². The maximum Gasteiger partial charge on any atom is 0.306 e. The predicted octanol–water partition coefficient (Wildman–Crippen LogP) is 14.5. The molecular weight excluding hydrogens is 697 g/mol. The highest BCUT2D eigenvalue weighted by Gasteiger charge is 2.19. The van der Waals surface area contributed by atoms with Gasteiger partial charge in [0, 0.05) is 19.3 Å². The van der Waals surface area contributed by atoms with Gasteiger partial charge in [0.05, 0.1) is 0 Å². The predicted molar refractivity (Wildman–Crippen MR) is 237 cm³/mol. The molecule has 0 saturated carbocycles. The van der Waals surface area contributed by atoms with Gasteiger partial charge in [-0.1, -0.05) is 157 Å². The molecule has 0 N–H and O–H groups in total. The minimum absolute atomic E-state index is 0.114. The van der Waals surface area contributed by atoms with E-state index in [4.69, 9.17) is 14.2 Å². The van der Waals surface area contributed by atoms with Crippen LogP contribution in [-0.2, 0) is 28.6 Å². The lowest BCUT2D eigenvalue weighted by Crippen LogP contribution is -2.30. The van der Waals surface area contributed by atoms with Crippen LogP contribution >= 0.6 is 0 Å². The molecule has 0 aliphatic heterocycles. The van der Waals surface area contributed by atoms with Gasteiger partial charge in [-0.05, 0) is 103 Å². The van der Waals surface area contributed by atoms with Gasteiger partial charge < -0.3 is 14.2 Å². The number of carbonyl (C=O) groups excluding carboxylic acids is 3. The lowest BCUT2D eigenvalue weighted by molar-refractivity contribution is -0.167. The number of rotatable bonds is 39. The molecule has 0 spiro atoms. The van der Waals surface area contributed by atoms with Crippen molar-refractivity contribution in [1.82, 2.24) is 0 Å². The van der Waals surface area contributed by atoms with E-state index in [1.807, 2.05) is 0 Å². The molecule has 6 nitrogen and oxygen atoms in total. The Labute approximate surface area is 344 Å². The normalized spacial score (nSPS) is 12.8. The van der Waals surface area contributed by atoms with Crippen molar-refractivity contribution in [2.24, 2.45) is 0 Å². The van der Waals surface area contributed by atoms with E-state index in [0.29, 0.717) is 25.7 Å². The highest BCUT2D eigenvalue weighted by atomic mass is 16.6. The van der Waals surface area contributed by atoms with E-state index in [1.54, 1.807) is 0 Å². The average molecular weight is 779 g/mol. The number of carbonyl (C=O) groups is 3. The van der Waals surface area contributed by atoms with Crippen molar-refractivity contribution >= 4 is 17.9 Å². The van der Waals surface area contributed by atoms with E-state index in [9.17, 15) is 14.4 Å². The van der Waals surface area contributed by atoms with E-state index < -0.39 is 6.10 Å². The molecule has 1 unspecified atom stereocenters. The number of unbranched alkanes of at least 4 members (excludes halogenated alkanes) is 14. The smallest absolute Gasteiger partial charge is 0.306 e. The van der Waals surface area contributed by atoms with Crippen molar-refractivity contribution in [1.29, 1.82) is 0 Å². The van der Waals surface area contributed by atoms with Gasteiger partial charge in [0.2, 0.25) is 0 Å². The molecule has 1 atom stereocenters. The Kier molecular flexibility index (Phi) is 41.6. The van der Waals surface area contributed by atoms with Gasteiger partial charge in [-0.15, -0.1) is 0 Å². The van der Waals surface area contributed by atoms with E-state index in [2.05, 4.69) is 106 Å². The third-order valence-corrected chi connectivity index (χ3v) is 9.10. The second kappa shape index (κ2) is 44.3. The van der Waals surface area contributed by atoms with Crippen LogP contribution in [0.15, 0.2) is 85.1 Å². The number of ether oxygens (including phenoxy) is 3. The molecule has 6 heteroatoms. The molecule has 0 heterocycles. The zero-order valence-corrected chi connectivity index (χ0v) is 36.1. The summed E-state index contributed by atoms with van der Waals surface area (Å²) < 4.78 is 16.6. The molecule has 0 aromatic rings. The molecule has 0 radical (unpaired) electrons. The first-order chi connectivity index (χ1) is 27.5. The van der Waals surface area contributed by atoms with E-state index in [0.717, 1.165) is 83.5 Å². The topological polar surface area (TPSA) is 78.9 Å². The molecule has 0 amide bonds. The third-order valence-electron chi connectivity index (χ3n) is 9.10. The van der Waals surface area contributed by atoms with Gasteiger partial charge >= 0.3 is 17.9 Å². The Bertz CT molecular complexity index is 1120. The van der Waals surface area contributed by atoms with Gasteiger partial charge in [-0.2, -0.15) is 0 Å². The standard InChI is InChI=1S/C50H82O6/c1-4-7-10-13-16-19-21-23-24-25-26-27-29-31-34-37-40-43-49(52)55-46-47(45-54-48(51)42-39-36-33-30-18-15-12-9-6-3)56-50(53)44-41-38-35-32-28-22-20-17-14-11-8-5-2/h7,10,16-17,19-20,23-24,26-27,30-31,33-34,47H,4-6,8-9,11-15,18,21-22,25,28-29,32,35-46H2,1-3H3/b10-7-,19-16-,20-17-,24-23-,27-26-,33-30-,34-31-. The fraction of sp³-hybridized carbons (Fsp3) is 0.660. The molecule has 0 saturated heterocycles. The summed E-state index contributed by atoms with van der Waals surface area (Å²) in [5, 5.41) is 0. The quantitative estimate of drug-likeness (QED) is 0.0268. The Balaban J connectivity index is 4.50. The largest absolute Gasteiger partial charge is 0.462 e. The fourth-order valence-corrected chi connectivity index (χ4v) is 5.71. The van der Waals surface area contributed by atoms with Gasteiger partial charge in [-0.3, -0.25) is 14.4 Å². The third kappa shape index (κ3) is 41.7. The molecule has 318 valence electrons. The summed E-state index contributed by atoms with van der Waals surface area (Å²) in [7, 11) is 0. The van der Waals surface area contributed by atoms with Crippen LogP contribution in [0.4, 0.5) is 0 Å². The van der Waals surface area contributed by atoms with Crippen LogP contribution in [0.25, 0.3) is 0 Å². The summed E-state index contributed by atoms with van der Waals surface area (Å²) in [4.78, 5) is 37.6. The first kappa shape index (κ1) is 52.6. The van der Waals surface area contributed by atoms with Crippen molar-refractivity contribution < 1.29 is 28.6 Å². The first-order valence-corrected chi connectivity index (χ1v) is 22.6. The van der Waals surface area contributed by atoms with Crippen LogP contribution in [0.2, 0.25) is 0 Å². The Morgan fingerprint density at radius 2 is 0.714 bits per heavy atom. The molecule has 0 aromatic carbocycles. The van der Waals surface area contributed by atoms with Crippen LogP contribution in [0.1, 0.15) is 194 Å². The van der Waals surface area contributed by atoms with Crippen molar-refractivity contribution in [3.05, 3.63) is 85.1 Å². The van der Waals surface area contributed by atoms with Crippen LogP contribution in [0, 0.1) is 0 Å². The molecule has 0 aliphatic rings. The highest BCUT2D eigenvalue weighted by molar-refractivity contribution is 5.71. The summed E-state index contributed by atoms with van der Waals surface area (Å²) in [5.74, 6) is -1.02. The van der Waals surface area contributed by atoms with E-state index in [1.165, 1.54) is 57.8 Å². The highest BCUT2D eigenvalue weighted by Crippen LogP contribution is 2.11. The number of hydrogen-bond donors (Lipinski definition) is 0. The Hall–Kier alpha value is -3.41. The van der Waals surface area contributed by atoms with Crippen LogP contribution < -0.4 is 0 Å². The maximum absolute atomic E-state index is 12.7. The molecule has 0 aliphatic carbocycles. The summed E-state index contributed by atoms with van der Waals surface area (Å²) in [5.41, 5.74) is 0. The zero-order chi connectivity index (χ0) is 40.8. The molecular formula is C50H82O6. The molecule has 0 aromatic heterocycles. The maximum atomic E-state index is 12.7. The van der Waals surface area contributed by atoms with Crippen molar-refractivity contribution in [3.63, 3.8) is 0 Å². The van der Waals surface area contributed by atoms with Crippen LogP contribution in [0.3, 0.4) is 0 Å². The monoisotopic (exact) mass is 779 g/mol. The molecule has 0 rings (SSSR count). The van der Waals surface area contributed by atoms with E-state index in [-0.39, 0.29) is 37.5 Å². The first-order valence-electron chi connectivity index (χ1n) is 22.6. The van der Waals surface area contributed by atoms with Gasteiger partial charge in [-0.25, -0.2) is 0 Å². The summed E-state index contributed by atoms with van der Waals surface area (Å²) in [6.07, 6.45) is 55.8. The zero-order valence-electron chi connectivity index (χ0n) is 36.1. The summed E-state index contributed by atoms with van der Waals surface area (Å²) >= 11 is 0. The lowest BCUT2D eigenvalue weighted by atomic mass is 10.1. The van der Waals surface area contributed by atoms with Crippen molar-refractivity contribution in [2.75, 3.05) is 13.2 Å². The van der Waals surface area contributed by atoms with Crippen molar-refractivity contribution in [3.8, 4) is 0 Å². The molecule has 0 fully saturated rings. The Morgan fingerprint density at radius 3 is 1.20 bits per heavy atom. The van der Waals surface area contributed by atoms with Gasteiger partial charge in [0.1, 0.15) is 13.2 Å². The summed E-state index contributed by atoms with van der Waals surface area (Å²) in [6, 6.07) is 0. The lowest BCUT2D eigenvalue weighted by Gasteiger charge is -2.18. The SMILES string of the molecule is CC/C=C\C/C=C\C/C=C\C/C=C\C/C=C\CCCC(=O)OCC(COC(=O)CCC/C=C\CCCCCC)OC(=O)CCCCCCC/C=C\CCCCC. The Morgan fingerprint density at radius 1 is 0.375 bits per heavy atom. The van der Waals surface area contributed by atoms with Gasteiger partial charge in [0.15, 0.2) is 6.10 Å². The minimum Gasteiger partial charge on any atom is -0.462 e. The van der Waals surface area contributed by atoms with Crippen LogP contribution in [0.5, 0.6) is 0 Å². The van der Waals surface area contributed by atoms with Gasteiger partial charge in [0.25, 0.3) is 0 Å². The fourth-order valence-electron chi connectivity index (χ4n) is 5.71. The number of esters is 3. The minimum atomic E-state index is -0.812. The van der Waals surface area contributed by atoms with Crippen molar-refractivity contribution in [2.45, 2.75) is 200 Å².